The van der Waals surface area contributed by atoms with Crippen LogP contribution in [0, 0.1) is 0 Å². The molecule has 0 saturated carbocycles. The summed E-state index contributed by atoms with van der Waals surface area (Å²) in [5, 5.41) is 7.34. The molecule has 0 radical (unpaired) electrons. The van der Waals surface area contributed by atoms with E-state index in [1.807, 2.05) is 0 Å². The van der Waals surface area contributed by atoms with Crippen LogP contribution in [0.4, 0.5) is 17.1 Å². The lowest BCUT2D eigenvalue weighted by molar-refractivity contribution is 1.18. The van der Waals surface area contributed by atoms with Crippen LogP contribution in [0.25, 0.3) is 82.4 Å². The molecule has 0 aliphatic heterocycles. The lowest BCUT2D eigenvalue weighted by Crippen LogP contribution is -2.11. The van der Waals surface area contributed by atoms with Gasteiger partial charge in [0.1, 0.15) is 0 Å². The Bertz CT molecular complexity index is 3290. The van der Waals surface area contributed by atoms with Gasteiger partial charge in [-0.05, 0) is 116 Å². The van der Waals surface area contributed by atoms with Crippen LogP contribution in [-0.4, -0.2) is 4.57 Å². The number of para-hydroxylation sites is 3. The first-order valence-corrected chi connectivity index (χ1v) is 19.9. The average Bonchev–Trinajstić information content (AvgIpc) is 3.64. The predicted molar refractivity (Wildman–Crippen MR) is 247 cm³/mol. The largest absolute Gasteiger partial charge is 0.309 e. The fourth-order valence-electron chi connectivity index (χ4n) is 8.78. The highest BCUT2D eigenvalue weighted by Gasteiger charge is 2.23. The summed E-state index contributed by atoms with van der Waals surface area (Å²) in [7, 11) is 0. The van der Waals surface area contributed by atoms with E-state index in [0.717, 1.165) is 22.7 Å². The number of rotatable bonds is 7. The molecule has 0 bridgehead atoms. The summed E-state index contributed by atoms with van der Waals surface area (Å²) in [6.45, 7) is 0. The summed E-state index contributed by atoms with van der Waals surface area (Å²) in [6.07, 6.45) is 0. The third-order valence-electron chi connectivity index (χ3n) is 11.5. The third-order valence-corrected chi connectivity index (χ3v) is 11.5. The molecule has 2 heteroatoms. The Morgan fingerprint density at radius 3 is 1.66 bits per heavy atom. The van der Waals surface area contributed by atoms with Gasteiger partial charge in [-0.2, -0.15) is 0 Å². The molecule has 10 aromatic carbocycles. The molecule has 2 nitrogen and oxygen atoms in total. The van der Waals surface area contributed by atoms with E-state index in [4.69, 9.17) is 0 Å². The zero-order chi connectivity index (χ0) is 38.4. The van der Waals surface area contributed by atoms with Crippen LogP contribution in [0.1, 0.15) is 0 Å². The van der Waals surface area contributed by atoms with Gasteiger partial charge in [-0.25, -0.2) is 0 Å². The molecule has 11 aromatic rings. The van der Waals surface area contributed by atoms with E-state index < -0.39 is 0 Å². The standard InChI is InChI=1S/C56H38N2/c1-3-16-40(17-4-1)50-23-9-11-25-52(50)58(55-28-14-27-54-56(55)51-24-10-12-26-53(51)57(54)48-21-5-2-6-22-48)49-34-33-46-37-45(31-32-47(46)38-49)43-20-13-19-42(36-43)44-30-29-39-15-7-8-18-41(39)35-44/h1-38H. The Hall–Kier alpha value is -7.68. The van der Waals surface area contributed by atoms with Gasteiger partial charge in [-0.1, -0.05) is 164 Å². The summed E-state index contributed by atoms with van der Waals surface area (Å²) in [6, 6.07) is 83.7. The van der Waals surface area contributed by atoms with Crippen molar-refractivity contribution in [3.05, 3.63) is 231 Å². The van der Waals surface area contributed by atoms with Crippen LogP contribution in [0.2, 0.25) is 0 Å². The number of hydrogen-bond donors (Lipinski definition) is 0. The fraction of sp³-hybridized carbons (Fsp3) is 0. The molecule has 1 heterocycles. The molecular weight excluding hydrogens is 701 g/mol. The van der Waals surface area contributed by atoms with Crippen molar-refractivity contribution in [1.29, 1.82) is 0 Å². The SMILES string of the molecule is c1ccc(-c2ccccc2N(c2ccc3cc(-c4cccc(-c5ccc6ccccc6c5)c4)ccc3c2)c2cccc3c2c2ccccc2n3-c2ccccc2)cc1. The van der Waals surface area contributed by atoms with Gasteiger partial charge >= 0.3 is 0 Å². The Kier molecular flexibility index (Phi) is 8.19. The van der Waals surface area contributed by atoms with E-state index >= 15 is 0 Å². The highest BCUT2D eigenvalue weighted by atomic mass is 15.2. The number of nitrogens with zero attached hydrogens (tertiary/aromatic N) is 2. The molecule has 0 spiro atoms. The van der Waals surface area contributed by atoms with Crippen molar-refractivity contribution >= 4 is 60.4 Å². The van der Waals surface area contributed by atoms with Gasteiger partial charge in [0.15, 0.2) is 0 Å². The van der Waals surface area contributed by atoms with E-state index in [0.29, 0.717) is 0 Å². The zero-order valence-corrected chi connectivity index (χ0v) is 31.8. The first-order valence-electron chi connectivity index (χ1n) is 19.9. The lowest BCUT2D eigenvalue weighted by atomic mass is 9.96. The van der Waals surface area contributed by atoms with Crippen molar-refractivity contribution in [2.45, 2.75) is 0 Å². The summed E-state index contributed by atoms with van der Waals surface area (Å²) < 4.78 is 2.40. The van der Waals surface area contributed by atoms with Crippen molar-refractivity contribution in [1.82, 2.24) is 4.57 Å². The van der Waals surface area contributed by atoms with E-state index in [9.17, 15) is 0 Å². The first kappa shape index (κ1) is 33.6. The summed E-state index contributed by atoms with van der Waals surface area (Å²) >= 11 is 0. The highest BCUT2D eigenvalue weighted by molar-refractivity contribution is 6.17. The summed E-state index contributed by atoms with van der Waals surface area (Å²) in [4.78, 5) is 2.47. The first-order chi connectivity index (χ1) is 28.8. The van der Waals surface area contributed by atoms with Gasteiger partial charge < -0.3 is 9.47 Å². The molecule has 0 saturated heterocycles. The second-order valence-electron chi connectivity index (χ2n) is 15.0. The second kappa shape index (κ2) is 14.1. The van der Waals surface area contributed by atoms with Gasteiger partial charge in [0.2, 0.25) is 0 Å². The van der Waals surface area contributed by atoms with Crippen LogP contribution in [-0.2, 0) is 0 Å². The van der Waals surface area contributed by atoms with Gasteiger partial charge in [-0.15, -0.1) is 0 Å². The smallest absolute Gasteiger partial charge is 0.0562 e. The van der Waals surface area contributed by atoms with Gasteiger partial charge in [0.05, 0.1) is 22.4 Å². The number of fused-ring (bicyclic) bond motifs is 5. The van der Waals surface area contributed by atoms with Crippen LogP contribution < -0.4 is 4.90 Å². The zero-order valence-electron chi connectivity index (χ0n) is 31.8. The third kappa shape index (κ3) is 5.82. The monoisotopic (exact) mass is 738 g/mol. The maximum absolute atomic E-state index is 2.47. The van der Waals surface area contributed by atoms with E-state index in [2.05, 4.69) is 240 Å². The topological polar surface area (TPSA) is 8.17 Å². The number of anilines is 3. The minimum absolute atomic E-state index is 1.10. The molecule has 0 N–H and O–H groups in total. The minimum atomic E-state index is 1.10. The van der Waals surface area contributed by atoms with Crippen LogP contribution >= 0.6 is 0 Å². The number of aromatic nitrogens is 1. The maximum Gasteiger partial charge on any atom is 0.0562 e. The van der Waals surface area contributed by atoms with Crippen molar-refractivity contribution in [3.8, 4) is 39.1 Å². The Morgan fingerprint density at radius 2 is 0.845 bits per heavy atom. The van der Waals surface area contributed by atoms with Crippen molar-refractivity contribution in [2.24, 2.45) is 0 Å². The average molecular weight is 739 g/mol. The maximum atomic E-state index is 2.47. The number of hydrogen-bond acceptors (Lipinski definition) is 1. The molecule has 0 fully saturated rings. The van der Waals surface area contributed by atoms with Crippen LogP contribution in [0.3, 0.4) is 0 Å². The second-order valence-corrected chi connectivity index (χ2v) is 15.0. The molecule has 0 aliphatic rings. The Morgan fingerprint density at radius 1 is 0.310 bits per heavy atom. The minimum Gasteiger partial charge on any atom is -0.309 e. The van der Waals surface area contributed by atoms with E-state index in [1.54, 1.807) is 0 Å². The van der Waals surface area contributed by atoms with E-state index in [1.165, 1.54) is 76.7 Å². The van der Waals surface area contributed by atoms with Gasteiger partial charge in [-0.3, -0.25) is 0 Å². The fourth-order valence-corrected chi connectivity index (χ4v) is 8.78. The molecule has 0 aliphatic carbocycles. The molecule has 272 valence electrons. The van der Waals surface area contributed by atoms with Gasteiger partial charge in [0.25, 0.3) is 0 Å². The molecule has 11 rings (SSSR count). The van der Waals surface area contributed by atoms with Gasteiger partial charge in [0, 0.05) is 27.7 Å². The molecule has 58 heavy (non-hydrogen) atoms. The van der Waals surface area contributed by atoms with Crippen LogP contribution in [0.15, 0.2) is 231 Å². The quantitative estimate of drug-likeness (QED) is 0.158. The van der Waals surface area contributed by atoms with Crippen molar-refractivity contribution in [3.63, 3.8) is 0 Å². The summed E-state index contributed by atoms with van der Waals surface area (Å²) in [5.74, 6) is 0. The molecule has 0 amide bonds. The Balaban J connectivity index is 1.08. The Labute approximate surface area is 338 Å². The molecule has 0 unspecified atom stereocenters. The van der Waals surface area contributed by atoms with Crippen molar-refractivity contribution < 1.29 is 0 Å². The number of benzene rings is 10. The molecule has 1 aromatic heterocycles. The summed E-state index contributed by atoms with van der Waals surface area (Å²) in [5.41, 5.74) is 14.1. The molecular formula is C56H38N2. The predicted octanol–water partition coefficient (Wildman–Crippen LogP) is 15.6. The van der Waals surface area contributed by atoms with Crippen molar-refractivity contribution in [2.75, 3.05) is 4.90 Å². The normalized spacial score (nSPS) is 11.4. The molecule has 0 atom stereocenters. The lowest BCUT2D eigenvalue weighted by Gasteiger charge is -2.29. The van der Waals surface area contributed by atoms with E-state index in [-0.39, 0.29) is 0 Å². The van der Waals surface area contributed by atoms with Crippen LogP contribution in [0.5, 0.6) is 0 Å². The highest BCUT2D eigenvalue weighted by Crippen LogP contribution is 2.47.